The highest BCUT2D eigenvalue weighted by atomic mass is 79.9. The minimum atomic E-state index is -0.0679. The SMILES string of the molecule is Br.CCCCCCCCCCCCCCCCN(C)CC(OCC)OCC. The average molecular weight is 453 g/mol. The smallest absolute Gasteiger partial charge is 0.170 e. The number of hydrogen-bond acceptors (Lipinski definition) is 3. The van der Waals surface area contributed by atoms with Crippen molar-refractivity contribution in [3.05, 3.63) is 0 Å². The molecule has 0 amide bonds. The van der Waals surface area contributed by atoms with Crippen LogP contribution in [-0.4, -0.2) is 44.5 Å². The summed E-state index contributed by atoms with van der Waals surface area (Å²) in [6, 6.07) is 0. The fraction of sp³-hybridized carbons (Fsp3) is 1.00. The molecule has 0 aliphatic heterocycles. The van der Waals surface area contributed by atoms with E-state index >= 15 is 0 Å². The Morgan fingerprint density at radius 1 is 0.593 bits per heavy atom. The van der Waals surface area contributed by atoms with Crippen LogP contribution in [0.1, 0.15) is 111 Å². The van der Waals surface area contributed by atoms with E-state index in [0.717, 1.165) is 26.3 Å². The summed E-state index contributed by atoms with van der Waals surface area (Å²) in [6.45, 7) is 9.81. The Balaban J connectivity index is 0. The third kappa shape index (κ3) is 22.5. The Hall–Kier alpha value is 0.360. The number of nitrogens with zero attached hydrogens (tertiary/aromatic N) is 1. The molecule has 27 heavy (non-hydrogen) atoms. The molecule has 0 spiro atoms. The van der Waals surface area contributed by atoms with Gasteiger partial charge in [-0.1, -0.05) is 90.4 Å². The van der Waals surface area contributed by atoms with Crippen molar-refractivity contribution in [3.8, 4) is 0 Å². The van der Waals surface area contributed by atoms with Gasteiger partial charge in [0.2, 0.25) is 0 Å². The van der Waals surface area contributed by atoms with Gasteiger partial charge in [0.25, 0.3) is 0 Å². The van der Waals surface area contributed by atoms with Crippen LogP contribution < -0.4 is 0 Å². The van der Waals surface area contributed by atoms with E-state index in [0.29, 0.717) is 0 Å². The Labute approximate surface area is 181 Å². The largest absolute Gasteiger partial charge is 0.352 e. The summed E-state index contributed by atoms with van der Waals surface area (Å²) in [6.07, 6.45) is 19.8. The Bertz CT molecular complexity index is 261. The zero-order valence-corrected chi connectivity index (χ0v) is 20.7. The highest BCUT2D eigenvalue weighted by Gasteiger charge is 2.10. The molecule has 0 saturated carbocycles. The van der Waals surface area contributed by atoms with E-state index < -0.39 is 0 Å². The van der Waals surface area contributed by atoms with Crippen molar-refractivity contribution >= 4 is 17.0 Å². The molecule has 0 aromatic heterocycles. The predicted molar refractivity (Wildman–Crippen MR) is 125 cm³/mol. The molecule has 0 radical (unpaired) electrons. The lowest BCUT2D eigenvalue weighted by atomic mass is 10.0. The van der Waals surface area contributed by atoms with Gasteiger partial charge in [0.1, 0.15) is 0 Å². The molecular formula is C23H50BrNO2. The molecule has 0 aliphatic rings. The van der Waals surface area contributed by atoms with E-state index in [2.05, 4.69) is 18.9 Å². The molecule has 0 aromatic rings. The maximum absolute atomic E-state index is 5.61. The topological polar surface area (TPSA) is 21.7 Å². The number of hydrogen-bond donors (Lipinski definition) is 0. The van der Waals surface area contributed by atoms with Crippen LogP contribution >= 0.6 is 17.0 Å². The van der Waals surface area contributed by atoms with E-state index in [4.69, 9.17) is 9.47 Å². The number of halogens is 1. The average Bonchev–Trinajstić information content (AvgIpc) is 2.62. The van der Waals surface area contributed by atoms with Crippen LogP contribution in [0.25, 0.3) is 0 Å². The standard InChI is InChI=1S/C23H49NO2.BrH/c1-5-8-9-10-11-12-13-14-15-16-17-18-19-20-21-24(4)22-23(25-6-2)26-7-3;/h23H,5-22H2,1-4H3;1H. The van der Waals surface area contributed by atoms with Crippen molar-refractivity contribution in [3.63, 3.8) is 0 Å². The van der Waals surface area contributed by atoms with Gasteiger partial charge in [-0.15, -0.1) is 17.0 Å². The second-order valence-corrected chi connectivity index (χ2v) is 7.70. The van der Waals surface area contributed by atoms with Crippen molar-refractivity contribution in [2.75, 3.05) is 33.4 Å². The van der Waals surface area contributed by atoms with E-state index in [1.165, 1.54) is 89.9 Å². The number of rotatable bonds is 21. The summed E-state index contributed by atoms with van der Waals surface area (Å²) >= 11 is 0. The van der Waals surface area contributed by atoms with Crippen LogP contribution in [0, 0.1) is 0 Å². The van der Waals surface area contributed by atoms with Crippen molar-refractivity contribution in [1.82, 2.24) is 4.90 Å². The monoisotopic (exact) mass is 451 g/mol. The van der Waals surface area contributed by atoms with Gasteiger partial charge in [0.15, 0.2) is 6.29 Å². The highest BCUT2D eigenvalue weighted by molar-refractivity contribution is 8.93. The van der Waals surface area contributed by atoms with Crippen LogP contribution in [0.15, 0.2) is 0 Å². The summed E-state index contributed by atoms with van der Waals surface area (Å²) in [5.41, 5.74) is 0. The van der Waals surface area contributed by atoms with E-state index in [-0.39, 0.29) is 23.3 Å². The van der Waals surface area contributed by atoms with Gasteiger partial charge in [-0.05, 0) is 33.9 Å². The highest BCUT2D eigenvalue weighted by Crippen LogP contribution is 2.13. The lowest BCUT2D eigenvalue weighted by molar-refractivity contribution is -0.145. The van der Waals surface area contributed by atoms with Gasteiger partial charge in [-0.3, -0.25) is 0 Å². The molecule has 0 aliphatic carbocycles. The molecular weight excluding hydrogens is 402 g/mol. The van der Waals surface area contributed by atoms with Gasteiger partial charge in [0, 0.05) is 19.8 Å². The predicted octanol–water partition coefficient (Wildman–Crippen LogP) is 7.38. The Kier molecular flexibility index (Phi) is 26.7. The normalized spacial score (nSPS) is 11.3. The number of likely N-dealkylation sites (N-methyl/N-ethyl adjacent to an activating group) is 1. The van der Waals surface area contributed by atoms with Gasteiger partial charge in [0.05, 0.1) is 0 Å². The number of ether oxygens (including phenoxy) is 2. The maximum atomic E-state index is 5.61. The maximum Gasteiger partial charge on any atom is 0.170 e. The molecule has 3 nitrogen and oxygen atoms in total. The lowest BCUT2D eigenvalue weighted by Gasteiger charge is -2.23. The van der Waals surface area contributed by atoms with Crippen molar-refractivity contribution < 1.29 is 9.47 Å². The van der Waals surface area contributed by atoms with Crippen LogP contribution in [0.5, 0.6) is 0 Å². The van der Waals surface area contributed by atoms with Gasteiger partial charge < -0.3 is 14.4 Å². The minimum absolute atomic E-state index is 0. The molecule has 0 aromatic carbocycles. The third-order valence-corrected chi connectivity index (χ3v) is 5.06. The minimum Gasteiger partial charge on any atom is -0.352 e. The summed E-state index contributed by atoms with van der Waals surface area (Å²) < 4.78 is 11.2. The van der Waals surface area contributed by atoms with Crippen molar-refractivity contribution in [2.24, 2.45) is 0 Å². The quantitative estimate of drug-likeness (QED) is 0.134. The van der Waals surface area contributed by atoms with E-state index in [9.17, 15) is 0 Å². The van der Waals surface area contributed by atoms with Gasteiger partial charge in [-0.25, -0.2) is 0 Å². The Morgan fingerprint density at radius 3 is 1.33 bits per heavy atom. The molecule has 0 saturated heterocycles. The summed E-state index contributed by atoms with van der Waals surface area (Å²) in [5.74, 6) is 0. The first-order valence-electron chi connectivity index (χ1n) is 11.7. The first-order chi connectivity index (χ1) is 12.7. The van der Waals surface area contributed by atoms with Crippen LogP contribution in [0.4, 0.5) is 0 Å². The third-order valence-electron chi connectivity index (χ3n) is 5.06. The zero-order valence-electron chi connectivity index (χ0n) is 19.0. The molecule has 0 atom stereocenters. The molecule has 0 N–H and O–H groups in total. The molecule has 0 heterocycles. The number of unbranched alkanes of at least 4 members (excludes halogenated alkanes) is 13. The lowest BCUT2D eigenvalue weighted by Crippen LogP contribution is -2.33. The van der Waals surface area contributed by atoms with E-state index in [1.807, 2.05) is 13.8 Å². The summed E-state index contributed by atoms with van der Waals surface area (Å²) in [5, 5.41) is 0. The van der Waals surface area contributed by atoms with Crippen LogP contribution in [0.3, 0.4) is 0 Å². The second-order valence-electron chi connectivity index (χ2n) is 7.70. The fourth-order valence-electron chi connectivity index (χ4n) is 3.45. The first kappa shape index (κ1) is 29.6. The first-order valence-corrected chi connectivity index (χ1v) is 11.7. The molecule has 0 fully saturated rings. The van der Waals surface area contributed by atoms with Crippen molar-refractivity contribution in [2.45, 2.75) is 117 Å². The molecule has 166 valence electrons. The van der Waals surface area contributed by atoms with Gasteiger partial charge in [-0.2, -0.15) is 0 Å². The van der Waals surface area contributed by atoms with Gasteiger partial charge >= 0.3 is 0 Å². The van der Waals surface area contributed by atoms with Crippen LogP contribution in [-0.2, 0) is 9.47 Å². The second kappa shape index (κ2) is 24.4. The molecule has 4 heteroatoms. The zero-order chi connectivity index (χ0) is 19.3. The summed E-state index contributed by atoms with van der Waals surface area (Å²) in [7, 11) is 2.17. The van der Waals surface area contributed by atoms with E-state index in [1.54, 1.807) is 0 Å². The molecule has 0 bridgehead atoms. The fourth-order valence-corrected chi connectivity index (χ4v) is 3.45. The summed E-state index contributed by atoms with van der Waals surface area (Å²) in [4.78, 5) is 2.34. The molecule has 0 rings (SSSR count). The van der Waals surface area contributed by atoms with Crippen LogP contribution in [0.2, 0.25) is 0 Å². The molecule has 0 unspecified atom stereocenters. The van der Waals surface area contributed by atoms with Crippen molar-refractivity contribution in [1.29, 1.82) is 0 Å². The Morgan fingerprint density at radius 2 is 0.963 bits per heavy atom.